The molecular formula is C16H22N2O3. The molecule has 0 aromatic heterocycles. The van der Waals surface area contributed by atoms with Crippen LogP contribution >= 0.6 is 0 Å². The molecular weight excluding hydrogens is 268 g/mol. The maximum Gasteiger partial charge on any atom is 0.321 e. The van der Waals surface area contributed by atoms with Crippen molar-refractivity contribution in [2.75, 3.05) is 18.4 Å². The second-order valence-corrected chi connectivity index (χ2v) is 5.52. The molecule has 0 saturated carbocycles. The molecule has 5 nitrogen and oxygen atoms in total. The number of urea groups is 1. The van der Waals surface area contributed by atoms with Gasteiger partial charge in [-0.05, 0) is 37.3 Å². The molecule has 2 rings (SSSR count). The van der Waals surface area contributed by atoms with Gasteiger partial charge in [-0.15, -0.1) is 0 Å². The zero-order valence-electron chi connectivity index (χ0n) is 12.6. The van der Waals surface area contributed by atoms with E-state index in [4.69, 9.17) is 5.11 Å². The number of nitrogens with zero attached hydrogens (tertiary/aromatic N) is 1. The van der Waals surface area contributed by atoms with Crippen LogP contribution in [0.1, 0.15) is 30.9 Å². The first-order chi connectivity index (χ1) is 10.0. The molecule has 1 aliphatic heterocycles. The Kier molecular flexibility index (Phi) is 4.83. The first kappa shape index (κ1) is 15.4. The molecule has 1 fully saturated rings. The number of benzene rings is 1. The lowest BCUT2D eigenvalue weighted by Crippen LogP contribution is -2.44. The van der Waals surface area contributed by atoms with Crippen molar-refractivity contribution in [1.82, 2.24) is 4.90 Å². The van der Waals surface area contributed by atoms with Gasteiger partial charge >= 0.3 is 12.0 Å². The average Bonchev–Trinajstić information content (AvgIpc) is 2.49. The van der Waals surface area contributed by atoms with Gasteiger partial charge in [-0.3, -0.25) is 4.79 Å². The van der Waals surface area contributed by atoms with Gasteiger partial charge in [0.15, 0.2) is 0 Å². The van der Waals surface area contributed by atoms with Gasteiger partial charge in [-0.25, -0.2) is 4.79 Å². The first-order valence-corrected chi connectivity index (χ1v) is 7.40. The molecule has 21 heavy (non-hydrogen) atoms. The summed E-state index contributed by atoms with van der Waals surface area (Å²) in [4.78, 5) is 25.1. The minimum absolute atomic E-state index is 0.204. The number of nitrogens with one attached hydrogen (secondary N) is 1. The SMILES string of the molecule is CCc1cccc(C)c1NC(=O)N1CCC[C@H](C(=O)O)C1. The van der Waals surface area contributed by atoms with Crippen LogP contribution in [0.3, 0.4) is 0 Å². The lowest BCUT2D eigenvalue weighted by molar-refractivity contribution is -0.143. The lowest BCUT2D eigenvalue weighted by atomic mass is 9.98. The molecule has 2 N–H and O–H groups in total. The van der Waals surface area contributed by atoms with Gasteiger partial charge in [0.2, 0.25) is 0 Å². The number of rotatable bonds is 3. The molecule has 1 heterocycles. The van der Waals surface area contributed by atoms with Gasteiger partial charge in [0.1, 0.15) is 0 Å². The zero-order chi connectivity index (χ0) is 15.4. The van der Waals surface area contributed by atoms with Crippen LogP contribution in [0.15, 0.2) is 18.2 Å². The van der Waals surface area contributed by atoms with Gasteiger partial charge < -0.3 is 15.3 Å². The molecule has 1 aromatic rings. The van der Waals surface area contributed by atoms with Crippen LogP contribution in [0.4, 0.5) is 10.5 Å². The number of amides is 2. The third kappa shape index (κ3) is 3.54. The number of anilines is 1. The van der Waals surface area contributed by atoms with Crippen molar-refractivity contribution in [1.29, 1.82) is 0 Å². The van der Waals surface area contributed by atoms with Crippen LogP contribution in [0, 0.1) is 12.8 Å². The fraction of sp³-hybridized carbons (Fsp3) is 0.500. The predicted octanol–water partition coefficient (Wildman–Crippen LogP) is 2.89. The van der Waals surface area contributed by atoms with Crippen molar-refractivity contribution in [3.8, 4) is 0 Å². The summed E-state index contributed by atoms with van der Waals surface area (Å²) in [6.45, 7) is 4.91. The van der Waals surface area contributed by atoms with Crippen molar-refractivity contribution < 1.29 is 14.7 Å². The van der Waals surface area contributed by atoms with Crippen molar-refractivity contribution in [2.24, 2.45) is 5.92 Å². The van der Waals surface area contributed by atoms with E-state index < -0.39 is 11.9 Å². The van der Waals surface area contributed by atoms with E-state index in [0.29, 0.717) is 13.0 Å². The highest BCUT2D eigenvalue weighted by Crippen LogP contribution is 2.23. The number of para-hydroxylation sites is 1. The summed E-state index contributed by atoms with van der Waals surface area (Å²) in [5.41, 5.74) is 2.96. The molecule has 0 bridgehead atoms. The third-order valence-electron chi connectivity index (χ3n) is 4.03. The number of hydrogen-bond acceptors (Lipinski definition) is 2. The number of likely N-dealkylation sites (tertiary alicyclic amines) is 1. The van der Waals surface area contributed by atoms with E-state index in [9.17, 15) is 9.59 Å². The molecule has 1 aliphatic rings. The van der Waals surface area contributed by atoms with Crippen LogP contribution in [0.2, 0.25) is 0 Å². The number of carbonyl (C=O) groups is 2. The average molecular weight is 290 g/mol. The molecule has 0 spiro atoms. The Morgan fingerprint density at radius 2 is 2.19 bits per heavy atom. The van der Waals surface area contributed by atoms with Crippen molar-refractivity contribution in [2.45, 2.75) is 33.1 Å². The van der Waals surface area contributed by atoms with Crippen molar-refractivity contribution in [3.05, 3.63) is 29.3 Å². The second kappa shape index (κ2) is 6.61. The molecule has 2 amide bonds. The fourth-order valence-corrected chi connectivity index (χ4v) is 2.75. The van der Waals surface area contributed by atoms with Crippen LogP contribution in [0.5, 0.6) is 0 Å². The Morgan fingerprint density at radius 3 is 2.86 bits per heavy atom. The number of aryl methyl sites for hydroxylation is 2. The van der Waals surface area contributed by atoms with Gasteiger partial charge in [-0.2, -0.15) is 0 Å². The van der Waals surface area contributed by atoms with Crippen molar-refractivity contribution >= 4 is 17.7 Å². The van der Waals surface area contributed by atoms with E-state index in [1.165, 1.54) is 0 Å². The Labute approximate surface area is 125 Å². The van der Waals surface area contributed by atoms with Gasteiger partial charge in [0, 0.05) is 18.8 Å². The van der Waals surface area contributed by atoms with E-state index >= 15 is 0 Å². The summed E-state index contributed by atoms with van der Waals surface area (Å²) in [6.07, 6.45) is 2.22. The minimum atomic E-state index is -0.822. The fourth-order valence-electron chi connectivity index (χ4n) is 2.75. The van der Waals surface area contributed by atoms with E-state index in [1.54, 1.807) is 4.90 Å². The summed E-state index contributed by atoms with van der Waals surface area (Å²) >= 11 is 0. The highest BCUT2D eigenvalue weighted by Gasteiger charge is 2.28. The van der Waals surface area contributed by atoms with E-state index in [2.05, 4.69) is 5.32 Å². The second-order valence-electron chi connectivity index (χ2n) is 5.52. The quantitative estimate of drug-likeness (QED) is 0.899. The number of piperidine rings is 1. The van der Waals surface area contributed by atoms with E-state index in [-0.39, 0.29) is 12.6 Å². The summed E-state index contributed by atoms with van der Waals surface area (Å²) in [7, 11) is 0. The monoisotopic (exact) mass is 290 g/mol. The van der Waals surface area contributed by atoms with E-state index in [1.807, 2.05) is 32.0 Å². The van der Waals surface area contributed by atoms with Crippen LogP contribution in [-0.2, 0) is 11.2 Å². The van der Waals surface area contributed by atoms with Gasteiger partial charge in [0.05, 0.1) is 5.92 Å². The molecule has 0 aliphatic carbocycles. The van der Waals surface area contributed by atoms with Crippen molar-refractivity contribution in [3.63, 3.8) is 0 Å². The summed E-state index contributed by atoms with van der Waals surface area (Å²) in [6, 6.07) is 5.74. The largest absolute Gasteiger partial charge is 0.481 e. The van der Waals surface area contributed by atoms with Gasteiger partial charge in [-0.1, -0.05) is 25.1 Å². The third-order valence-corrected chi connectivity index (χ3v) is 4.03. The Morgan fingerprint density at radius 1 is 1.43 bits per heavy atom. The Balaban J connectivity index is 2.09. The zero-order valence-corrected chi connectivity index (χ0v) is 12.6. The number of carboxylic acids is 1. The predicted molar refractivity (Wildman–Crippen MR) is 81.5 cm³/mol. The number of aliphatic carboxylic acids is 1. The van der Waals surface area contributed by atoms with Crippen LogP contribution in [0.25, 0.3) is 0 Å². The summed E-state index contributed by atoms with van der Waals surface area (Å²) < 4.78 is 0. The minimum Gasteiger partial charge on any atom is -0.481 e. The highest BCUT2D eigenvalue weighted by atomic mass is 16.4. The maximum absolute atomic E-state index is 12.4. The van der Waals surface area contributed by atoms with Crippen LogP contribution in [-0.4, -0.2) is 35.1 Å². The normalized spacial score (nSPS) is 18.4. The lowest BCUT2D eigenvalue weighted by Gasteiger charge is -2.31. The standard InChI is InChI=1S/C16H22N2O3/c1-3-12-7-4-6-11(2)14(12)17-16(21)18-9-5-8-13(10-18)15(19)20/h4,6-7,13H,3,5,8-10H2,1-2H3,(H,17,21)(H,19,20)/t13-/m0/s1. The summed E-state index contributed by atoms with van der Waals surface area (Å²) in [5.74, 6) is -1.27. The molecule has 0 radical (unpaired) electrons. The van der Waals surface area contributed by atoms with E-state index in [0.717, 1.165) is 29.7 Å². The number of hydrogen-bond donors (Lipinski definition) is 2. The highest BCUT2D eigenvalue weighted by molar-refractivity contribution is 5.91. The summed E-state index contributed by atoms with van der Waals surface area (Å²) in [5, 5.41) is 12.0. The molecule has 0 unspecified atom stereocenters. The molecule has 1 aromatic carbocycles. The topological polar surface area (TPSA) is 69.6 Å². The smallest absolute Gasteiger partial charge is 0.321 e. The first-order valence-electron chi connectivity index (χ1n) is 7.40. The maximum atomic E-state index is 12.4. The molecule has 5 heteroatoms. The molecule has 1 atom stereocenters. The Bertz CT molecular complexity index is 542. The van der Waals surface area contributed by atoms with Crippen LogP contribution < -0.4 is 5.32 Å². The molecule has 114 valence electrons. The molecule has 1 saturated heterocycles. The van der Waals surface area contributed by atoms with Gasteiger partial charge in [0.25, 0.3) is 0 Å². The Hall–Kier alpha value is -2.04. The number of carboxylic acid groups (broad SMARTS) is 1. The number of carbonyl (C=O) groups excluding carboxylic acids is 1.